The molecule has 0 saturated heterocycles. The van der Waals surface area contributed by atoms with Gasteiger partial charge in [-0.15, -0.1) is 0 Å². The van der Waals surface area contributed by atoms with Crippen LogP contribution < -0.4 is 10.6 Å². The summed E-state index contributed by atoms with van der Waals surface area (Å²) in [5, 5.41) is 2.18. The van der Waals surface area contributed by atoms with Gasteiger partial charge in [0.25, 0.3) is 0 Å². The lowest BCUT2D eigenvalue weighted by Gasteiger charge is -2.14. The Kier molecular flexibility index (Phi) is 4.20. The largest absolute Gasteiger partial charge is 0.265 e. The fourth-order valence-electron chi connectivity index (χ4n) is 2.64. The number of hydrogen-bond donors (Lipinski definition) is 0. The molecule has 106 valence electrons. The predicted molar refractivity (Wildman–Crippen MR) is 84.6 cm³/mol. The number of pyridine rings is 1. The van der Waals surface area contributed by atoms with Crippen molar-refractivity contribution in [3.63, 3.8) is 0 Å². The first-order chi connectivity index (χ1) is 10.3. The van der Waals surface area contributed by atoms with E-state index in [4.69, 9.17) is 0 Å². The molecule has 0 fully saturated rings. The van der Waals surface area contributed by atoms with Crippen molar-refractivity contribution in [2.75, 3.05) is 0 Å². The van der Waals surface area contributed by atoms with Crippen molar-refractivity contribution in [3.8, 4) is 0 Å². The zero-order chi connectivity index (χ0) is 14.5. The molecule has 0 saturated carbocycles. The van der Waals surface area contributed by atoms with E-state index in [1.807, 2.05) is 18.6 Å². The van der Waals surface area contributed by atoms with Crippen LogP contribution >= 0.6 is 0 Å². The van der Waals surface area contributed by atoms with Crippen molar-refractivity contribution in [3.05, 3.63) is 64.8 Å². The van der Waals surface area contributed by atoms with E-state index in [9.17, 15) is 0 Å². The maximum Gasteiger partial charge on any atom is 0.116 e. The van der Waals surface area contributed by atoms with Gasteiger partial charge in [-0.1, -0.05) is 30.7 Å². The summed E-state index contributed by atoms with van der Waals surface area (Å²) in [6.07, 6.45) is 16.9. The molecule has 21 heavy (non-hydrogen) atoms. The second kappa shape index (κ2) is 6.44. The zero-order valence-electron chi connectivity index (χ0n) is 12.2. The summed E-state index contributed by atoms with van der Waals surface area (Å²) < 4.78 is 0. The standard InChI is InChI=1S/C18H19N3/c1-14-5-6-18-17(12-20-13-21-18)4-2-3-16(14)11-15-7-9-19-10-8-15/h3-4,6-10,12-14H,2,5,11H2,1H3/b16-3-,17-4-,18-6-. The maximum atomic E-state index is 4.38. The quantitative estimate of drug-likeness (QED) is 0.788. The highest BCUT2D eigenvalue weighted by atomic mass is 14.8. The fourth-order valence-corrected chi connectivity index (χ4v) is 2.64. The van der Waals surface area contributed by atoms with E-state index < -0.39 is 0 Å². The fraction of sp³-hybridized carbons (Fsp3) is 0.278. The first kappa shape index (κ1) is 13.7. The molecule has 2 heterocycles. The SMILES string of the molecule is CC1C/C=c2\ncnc\c2=C\C/C=C\1Cc1ccncc1. The summed E-state index contributed by atoms with van der Waals surface area (Å²) in [6.45, 7) is 2.29. The van der Waals surface area contributed by atoms with Gasteiger partial charge in [0.2, 0.25) is 0 Å². The molecular weight excluding hydrogens is 258 g/mol. The molecule has 0 aliphatic heterocycles. The molecule has 0 aromatic carbocycles. The summed E-state index contributed by atoms with van der Waals surface area (Å²) in [5.74, 6) is 0.521. The molecule has 3 nitrogen and oxygen atoms in total. The Labute approximate surface area is 124 Å². The Hall–Kier alpha value is -2.29. The van der Waals surface area contributed by atoms with Gasteiger partial charge in [-0.3, -0.25) is 4.98 Å². The average Bonchev–Trinajstić information content (AvgIpc) is 2.60. The zero-order valence-corrected chi connectivity index (χ0v) is 12.2. The van der Waals surface area contributed by atoms with Crippen molar-refractivity contribution in [2.24, 2.45) is 5.92 Å². The minimum atomic E-state index is 0.521. The van der Waals surface area contributed by atoms with Crippen LogP contribution in [0.25, 0.3) is 12.2 Å². The van der Waals surface area contributed by atoms with Crippen molar-refractivity contribution in [1.29, 1.82) is 0 Å². The predicted octanol–water partition coefficient (Wildman–Crippen LogP) is 2.03. The molecule has 0 spiro atoms. The van der Waals surface area contributed by atoms with E-state index in [1.165, 1.54) is 11.1 Å². The van der Waals surface area contributed by atoms with Crippen LogP contribution in [0.4, 0.5) is 0 Å². The van der Waals surface area contributed by atoms with Crippen LogP contribution in [0.5, 0.6) is 0 Å². The van der Waals surface area contributed by atoms with Crippen molar-refractivity contribution < 1.29 is 0 Å². The van der Waals surface area contributed by atoms with Crippen LogP contribution in [0.1, 0.15) is 25.3 Å². The van der Waals surface area contributed by atoms with Crippen molar-refractivity contribution in [2.45, 2.75) is 26.2 Å². The van der Waals surface area contributed by atoms with E-state index in [0.29, 0.717) is 5.92 Å². The van der Waals surface area contributed by atoms with Crippen LogP contribution in [0.15, 0.2) is 48.7 Å². The molecule has 1 atom stereocenters. The maximum absolute atomic E-state index is 4.38. The van der Waals surface area contributed by atoms with Gasteiger partial charge >= 0.3 is 0 Å². The van der Waals surface area contributed by atoms with Gasteiger partial charge in [-0.05, 0) is 42.9 Å². The van der Waals surface area contributed by atoms with Crippen molar-refractivity contribution >= 4 is 12.2 Å². The topological polar surface area (TPSA) is 38.7 Å². The molecule has 0 amide bonds. The minimum absolute atomic E-state index is 0.521. The lowest BCUT2D eigenvalue weighted by Crippen LogP contribution is -2.28. The molecule has 0 N–H and O–H groups in total. The number of allylic oxidation sites excluding steroid dienone is 2. The van der Waals surface area contributed by atoms with E-state index in [-0.39, 0.29) is 0 Å². The van der Waals surface area contributed by atoms with Gasteiger partial charge in [-0.25, -0.2) is 9.97 Å². The summed E-state index contributed by atoms with van der Waals surface area (Å²) in [6, 6.07) is 4.18. The third-order valence-electron chi connectivity index (χ3n) is 3.95. The Morgan fingerprint density at radius 2 is 1.95 bits per heavy atom. The molecule has 2 aromatic rings. The first-order valence-electron chi connectivity index (χ1n) is 7.37. The van der Waals surface area contributed by atoms with Gasteiger partial charge in [0.15, 0.2) is 0 Å². The lowest BCUT2D eigenvalue weighted by atomic mass is 9.91. The smallest absolute Gasteiger partial charge is 0.116 e. The average molecular weight is 277 g/mol. The van der Waals surface area contributed by atoms with E-state index >= 15 is 0 Å². The monoisotopic (exact) mass is 277 g/mol. The summed E-state index contributed by atoms with van der Waals surface area (Å²) >= 11 is 0. The number of aromatic nitrogens is 3. The lowest BCUT2D eigenvalue weighted by molar-refractivity contribution is 0.687. The molecule has 2 aromatic heterocycles. The molecule has 1 unspecified atom stereocenters. The van der Waals surface area contributed by atoms with Crippen LogP contribution in [-0.2, 0) is 6.42 Å². The van der Waals surface area contributed by atoms with Gasteiger partial charge in [-0.2, -0.15) is 0 Å². The third-order valence-corrected chi connectivity index (χ3v) is 3.95. The van der Waals surface area contributed by atoms with Gasteiger partial charge in [0, 0.05) is 23.8 Å². The van der Waals surface area contributed by atoms with E-state index in [1.54, 1.807) is 6.33 Å². The van der Waals surface area contributed by atoms with Crippen LogP contribution in [0.2, 0.25) is 0 Å². The molecule has 0 bridgehead atoms. The van der Waals surface area contributed by atoms with Crippen LogP contribution in [0.3, 0.4) is 0 Å². The van der Waals surface area contributed by atoms with Gasteiger partial charge in [0.05, 0.1) is 5.35 Å². The van der Waals surface area contributed by atoms with Crippen molar-refractivity contribution in [1.82, 2.24) is 15.0 Å². The summed E-state index contributed by atoms with van der Waals surface area (Å²) in [7, 11) is 0. The van der Waals surface area contributed by atoms with E-state index in [0.717, 1.165) is 29.8 Å². The molecule has 3 heteroatoms. The Morgan fingerprint density at radius 3 is 2.81 bits per heavy atom. The summed E-state index contributed by atoms with van der Waals surface area (Å²) in [4.78, 5) is 12.6. The highest BCUT2D eigenvalue weighted by molar-refractivity contribution is 5.34. The first-order valence-corrected chi connectivity index (χ1v) is 7.37. The molecule has 3 rings (SSSR count). The Morgan fingerprint density at radius 1 is 1.10 bits per heavy atom. The number of fused-ring (bicyclic) bond motifs is 1. The second-order valence-electron chi connectivity index (χ2n) is 5.46. The number of hydrogen-bond acceptors (Lipinski definition) is 3. The molecule has 1 aliphatic rings. The molecule has 1 aliphatic carbocycles. The molecular formula is C18H19N3. The van der Waals surface area contributed by atoms with Crippen LogP contribution in [-0.4, -0.2) is 15.0 Å². The molecule has 0 radical (unpaired) electrons. The minimum Gasteiger partial charge on any atom is -0.265 e. The normalized spacial score (nSPS) is 23.9. The number of nitrogens with zero attached hydrogens (tertiary/aromatic N) is 3. The Bertz CT molecular complexity index is 748. The number of rotatable bonds is 2. The Balaban J connectivity index is 1.89. The van der Waals surface area contributed by atoms with Gasteiger partial charge in [0.1, 0.15) is 6.33 Å². The highest BCUT2D eigenvalue weighted by Crippen LogP contribution is 2.21. The van der Waals surface area contributed by atoms with Gasteiger partial charge < -0.3 is 0 Å². The highest BCUT2D eigenvalue weighted by Gasteiger charge is 2.09. The summed E-state index contributed by atoms with van der Waals surface area (Å²) in [5.41, 5.74) is 2.80. The third kappa shape index (κ3) is 3.43. The van der Waals surface area contributed by atoms with Crippen LogP contribution in [0, 0.1) is 5.92 Å². The second-order valence-corrected chi connectivity index (χ2v) is 5.46. The van der Waals surface area contributed by atoms with E-state index in [2.05, 4.69) is 52.2 Å².